The van der Waals surface area contributed by atoms with E-state index in [1.54, 1.807) is 42.2 Å². The molecule has 106 valence electrons. The summed E-state index contributed by atoms with van der Waals surface area (Å²) in [7, 11) is 0. The highest BCUT2D eigenvalue weighted by atomic mass is 35.5. The minimum atomic E-state index is -0.376. The zero-order valence-corrected chi connectivity index (χ0v) is 12.7. The number of carbonyl (C=O) groups is 1. The van der Waals surface area contributed by atoms with Crippen LogP contribution in [0.2, 0.25) is 10.0 Å². The summed E-state index contributed by atoms with van der Waals surface area (Å²) in [4.78, 5) is 12.2. The summed E-state index contributed by atoms with van der Waals surface area (Å²) in [6.45, 7) is 3.67. The Morgan fingerprint density at radius 2 is 2.10 bits per heavy atom. The quantitative estimate of drug-likeness (QED) is 0.937. The number of nitrogens with zero attached hydrogens (tertiary/aromatic N) is 2. The van der Waals surface area contributed by atoms with Gasteiger partial charge in [0.1, 0.15) is 6.04 Å². The largest absolute Gasteiger partial charge is 0.348 e. The highest BCUT2D eigenvalue weighted by molar-refractivity contribution is 6.35. The third-order valence-electron chi connectivity index (χ3n) is 3.09. The van der Waals surface area contributed by atoms with Crippen molar-refractivity contribution >= 4 is 29.1 Å². The van der Waals surface area contributed by atoms with E-state index in [0.29, 0.717) is 10.0 Å². The molecule has 6 heteroatoms. The Balaban J connectivity index is 2.07. The lowest BCUT2D eigenvalue weighted by Gasteiger charge is -2.19. The van der Waals surface area contributed by atoms with E-state index in [-0.39, 0.29) is 18.0 Å². The molecule has 1 aromatic carbocycles. The van der Waals surface area contributed by atoms with Crippen molar-refractivity contribution in [2.45, 2.75) is 25.9 Å². The topological polar surface area (TPSA) is 46.9 Å². The lowest BCUT2D eigenvalue weighted by Crippen LogP contribution is -2.33. The molecule has 1 amide bonds. The second-order valence-electron chi connectivity index (χ2n) is 4.56. The normalized spacial score (nSPS) is 13.8. The first-order valence-corrected chi connectivity index (χ1v) is 6.99. The van der Waals surface area contributed by atoms with Crippen LogP contribution in [0.5, 0.6) is 0 Å². The number of benzene rings is 1. The van der Waals surface area contributed by atoms with Crippen molar-refractivity contribution in [1.29, 1.82) is 0 Å². The molecule has 1 heterocycles. The molecule has 0 saturated carbocycles. The van der Waals surface area contributed by atoms with Crippen LogP contribution in [0.4, 0.5) is 0 Å². The molecule has 2 aromatic rings. The minimum absolute atomic E-state index is 0.118. The molecule has 20 heavy (non-hydrogen) atoms. The summed E-state index contributed by atoms with van der Waals surface area (Å²) in [6.07, 6.45) is 3.40. The molecule has 0 spiro atoms. The molecule has 2 rings (SSSR count). The summed E-state index contributed by atoms with van der Waals surface area (Å²) < 4.78 is 1.60. The predicted octanol–water partition coefficient (Wildman–Crippen LogP) is 3.63. The van der Waals surface area contributed by atoms with Gasteiger partial charge in [0.25, 0.3) is 0 Å². The molecule has 0 aliphatic heterocycles. The Morgan fingerprint density at radius 3 is 2.70 bits per heavy atom. The number of rotatable bonds is 4. The van der Waals surface area contributed by atoms with E-state index >= 15 is 0 Å². The van der Waals surface area contributed by atoms with E-state index in [0.717, 1.165) is 5.56 Å². The van der Waals surface area contributed by atoms with Gasteiger partial charge >= 0.3 is 0 Å². The van der Waals surface area contributed by atoms with Gasteiger partial charge in [-0.25, -0.2) is 0 Å². The summed E-state index contributed by atoms with van der Waals surface area (Å²) in [6, 6.07) is 6.43. The number of halogens is 2. The highest BCUT2D eigenvalue weighted by Gasteiger charge is 2.19. The van der Waals surface area contributed by atoms with Gasteiger partial charge in [0, 0.05) is 22.4 Å². The summed E-state index contributed by atoms with van der Waals surface area (Å²) in [5.41, 5.74) is 0.831. The summed E-state index contributed by atoms with van der Waals surface area (Å²) in [5, 5.41) is 8.09. The first-order valence-electron chi connectivity index (χ1n) is 6.23. The van der Waals surface area contributed by atoms with Gasteiger partial charge in [-0.1, -0.05) is 29.3 Å². The van der Waals surface area contributed by atoms with E-state index in [1.165, 1.54) is 0 Å². The van der Waals surface area contributed by atoms with Crippen LogP contribution in [-0.4, -0.2) is 15.7 Å². The molecule has 0 unspecified atom stereocenters. The number of amides is 1. The van der Waals surface area contributed by atoms with Crippen molar-refractivity contribution < 1.29 is 4.79 Å². The third kappa shape index (κ3) is 3.32. The van der Waals surface area contributed by atoms with Crippen molar-refractivity contribution in [1.82, 2.24) is 15.1 Å². The van der Waals surface area contributed by atoms with Gasteiger partial charge in [-0.05, 0) is 37.6 Å². The molecule has 0 fully saturated rings. The predicted molar refractivity (Wildman–Crippen MR) is 80.0 cm³/mol. The summed E-state index contributed by atoms with van der Waals surface area (Å²) >= 11 is 12.0. The number of nitrogens with one attached hydrogen (secondary N) is 1. The van der Waals surface area contributed by atoms with Crippen molar-refractivity contribution in [3.05, 3.63) is 52.3 Å². The van der Waals surface area contributed by atoms with Gasteiger partial charge in [-0.15, -0.1) is 0 Å². The Labute approximate surface area is 127 Å². The van der Waals surface area contributed by atoms with Gasteiger partial charge in [0.15, 0.2) is 0 Å². The fourth-order valence-corrected chi connectivity index (χ4v) is 2.47. The standard InChI is InChI=1S/C14H15Cl2N3O/c1-9(12-5-4-11(15)8-13(12)16)18-14(20)10(2)19-7-3-6-17-19/h3-10H,1-2H3,(H,18,20)/t9-,10-/m0/s1. The minimum Gasteiger partial charge on any atom is -0.348 e. The molecule has 1 N–H and O–H groups in total. The smallest absolute Gasteiger partial charge is 0.245 e. The number of hydrogen-bond acceptors (Lipinski definition) is 2. The zero-order valence-electron chi connectivity index (χ0n) is 11.2. The maximum atomic E-state index is 12.2. The lowest BCUT2D eigenvalue weighted by molar-refractivity contribution is -0.124. The van der Waals surface area contributed by atoms with Crippen molar-refractivity contribution in [2.75, 3.05) is 0 Å². The average molecular weight is 312 g/mol. The first kappa shape index (κ1) is 14.9. The van der Waals surface area contributed by atoms with Crippen LogP contribution in [0.3, 0.4) is 0 Å². The molecular weight excluding hydrogens is 297 g/mol. The molecule has 0 saturated heterocycles. The fraction of sp³-hybridized carbons (Fsp3) is 0.286. The molecule has 0 aliphatic rings. The molecule has 1 aromatic heterocycles. The molecule has 0 radical (unpaired) electrons. The zero-order chi connectivity index (χ0) is 14.7. The van der Waals surface area contributed by atoms with Crippen LogP contribution in [0.15, 0.2) is 36.7 Å². The second-order valence-corrected chi connectivity index (χ2v) is 5.40. The van der Waals surface area contributed by atoms with Crippen LogP contribution in [0.1, 0.15) is 31.5 Å². The molecule has 4 nitrogen and oxygen atoms in total. The number of aromatic nitrogens is 2. The molecule has 0 bridgehead atoms. The average Bonchev–Trinajstić information content (AvgIpc) is 2.91. The molecular formula is C14H15Cl2N3O. The molecule has 2 atom stereocenters. The maximum absolute atomic E-state index is 12.2. The molecule has 0 aliphatic carbocycles. The van der Waals surface area contributed by atoms with E-state index < -0.39 is 0 Å². The van der Waals surface area contributed by atoms with Crippen molar-refractivity contribution in [3.8, 4) is 0 Å². The van der Waals surface area contributed by atoms with Gasteiger partial charge in [-0.3, -0.25) is 9.48 Å². The Hall–Kier alpha value is -1.52. The highest BCUT2D eigenvalue weighted by Crippen LogP contribution is 2.26. The van der Waals surface area contributed by atoms with Crippen LogP contribution in [0.25, 0.3) is 0 Å². The van der Waals surface area contributed by atoms with E-state index in [4.69, 9.17) is 23.2 Å². The Morgan fingerprint density at radius 1 is 1.35 bits per heavy atom. The van der Waals surface area contributed by atoms with E-state index in [2.05, 4.69) is 10.4 Å². The SMILES string of the molecule is C[C@H](NC(=O)[C@H](C)n1cccn1)c1ccc(Cl)cc1Cl. The Bertz CT molecular complexity index is 598. The van der Waals surface area contributed by atoms with Gasteiger partial charge in [0.05, 0.1) is 6.04 Å². The van der Waals surface area contributed by atoms with Gasteiger partial charge in [-0.2, -0.15) is 5.10 Å². The fourth-order valence-electron chi connectivity index (χ4n) is 1.89. The van der Waals surface area contributed by atoms with Crippen molar-refractivity contribution in [2.24, 2.45) is 0 Å². The number of hydrogen-bond donors (Lipinski definition) is 1. The monoisotopic (exact) mass is 311 g/mol. The van der Waals surface area contributed by atoms with Crippen LogP contribution in [0, 0.1) is 0 Å². The second kappa shape index (κ2) is 6.29. The first-order chi connectivity index (χ1) is 9.49. The third-order valence-corrected chi connectivity index (χ3v) is 3.65. The lowest BCUT2D eigenvalue weighted by atomic mass is 10.1. The van der Waals surface area contributed by atoms with E-state index in [9.17, 15) is 4.79 Å². The van der Waals surface area contributed by atoms with Crippen LogP contribution < -0.4 is 5.32 Å². The van der Waals surface area contributed by atoms with Gasteiger partial charge < -0.3 is 5.32 Å². The van der Waals surface area contributed by atoms with Gasteiger partial charge in [0.2, 0.25) is 5.91 Å². The number of carbonyl (C=O) groups excluding carboxylic acids is 1. The van der Waals surface area contributed by atoms with Crippen LogP contribution in [-0.2, 0) is 4.79 Å². The van der Waals surface area contributed by atoms with E-state index in [1.807, 2.05) is 13.0 Å². The summed E-state index contributed by atoms with van der Waals surface area (Å²) in [5.74, 6) is -0.118. The van der Waals surface area contributed by atoms with Crippen LogP contribution >= 0.6 is 23.2 Å². The maximum Gasteiger partial charge on any atom is 0.245 e. The van der Waals surface area contributed by atoms with Crippen molar-refractivity contribution in [3.63, 3.8) is 0 Å². The Kier molecular flexibility index (Phi) is 4.68.